The number of rotatable bonds is 3. The highest BCUT2D eigenvalue weighted by Crippen LogP contribution is 2.29. The minimum Gasteiger partial charge on any atom is -0.348 e. The van der Waals surface area contributed by atoms with Gasteiger partial charge in [0, 0.05) is 22.2 Å². The molecule has 1 N–H and O–H groups in total. The first-order valence-electron chi connectivity index (χ1n) is 6.16. The third-order valence-electron chi connectivity index (χ3n) is 2.86. The van der Waals surface area contributed by atoms with E-state index in [1.807, 2.05) is 0 Å². The lowest BCUT2D eigenvalue weighted by Crippen LogP contribution is -2.22. The maximum Gasteiger partial charge on any atom is 0.416 e. The monoisotopic (exact) mass is 347 g/mol. The van der Waals surface area contributed by atoms with Crippen molar-refractivity contribution in [1.29, 1.82) is 0 Å². The molecule has 2 aromatic rings. The van der Waals surface area contributed by atoms with Gasteiger partial charge < -0.3 is 5.32 Å². The van der Waals surface area contributed by atoms with Crippen LogP contribution in [0, 0.1) is 0 Å². The summed E-state index contributed by atoms with van der Waals surface area (Å²) in [5.74, 6) is -0.413. The second-order valence-electron chi connectivity index (χ2n) is 4.54. The van der Waals surface area contributed by atoms with Gasteiger partial charge in [0.05, 0.1) is 5.56 Å². The summed E-state index contributed by atoms with van der Waals surface area (Å²) < 4.78 is 37.3. The summed E-state index contributed by atoms with van der Waals surface area (Å²) in [6.07, 6.45) is -4.38. The van der Waals surface area contributed by atoms with Gasteiger partial charge in [-0.3, -0.25) is 4.79 Å². The molecule has 0 aliphatic rings. The molecule has 7 heteroatoms. The molecular weight excluding hydrogens is 338 g/mol. The zero-order valence-electron chi connectivity index (χ0n) is 11.0. The van der Waals surface area contributed by atoms with E-state index in [0.29, 0.717) is 15.6 Å². The molecule has 0 radical (unpaired) electrons. The molecular formula is C15H10Cl2F3NO. The van der Waals surface area contributed by atoms with Gasteiger partial charge in [0.2, 0.25) is 0 Å². The standard InChI is InChI=1S/C15H10Cl2F3NO/c16-12-5-10(6-13(17)7-12)14(22)21-8-9-1-3-11(4-2-9)15(18,19)20/h1-7H,8H2,(H,21,22). The van der Waals surface area contributed by atoms with E-state index in [0.717, 1.165) is 12.1 Å². The van der Waals surface area contributed by atoms with Crippen molar-refractivity contribution >= 4 is 29.1 Å². The van der Waals surface area contributed by atoms with Crippen molar-refractivity contribution in [3.8, 4) is 0 Å². The van der Waals surface area contributed by atoms with Gasteiger partial charge in [0.15, 0.2) is 0 Å². The zero-order valence-corrected chi connectivity index (χ0v) is 12.6. The summed E-state index contributed by atoms with van der Waals surface area (Å²) in [6.45, 7) is 0.0983. The van der Waals surface area contributed by atoms with Crippen LogP contribution >= 0.6 is 23.2 Å². The number of carbonyl (C=O) groups excluding carboxylic acids is 1. The first-order chi connectivity index (χ1) is 10.3. The number of carbonyl (C=O) groups is 1. The molecule has 0 aliphatic heterocycles. The van der Waals surface area contributed by atoms with Crippen molar-refractivity contribution in [3.63, 3.8) is 0 Å². The van der Waals surface area contributed by atoms with Crippen molar-refractivity contribution in [2.24, 2.45) is 0 Å². The second-order valence-corrected chi connectivity index (χ2v) is 5.41. The van der Waals surface area contributed by atoms with Crippen molar-refractivity contribution in [2.45, 2.75) is 12.7 Å². The molecule has 0 aliphatic carbocycles. The van der Waals surface area contributed by atoms with Crippen LogP contribution in [0.1, 0.15) is 21.5 Å². The summed E-state index contributed by atoms with van der Waals surface area (Å²) in [7, 11) is 0. The Labute approximate surface area is 134 Å². The van der Waals surface area contributed by atoms with Gasteiger partial charge in [0.25, 0.3) is 5.91 Å². The molecule has 1 amide bonds. The SMILES string of the molecule is O=C(NCc1ccc(C(F)(F)F)cc1)c1cc(Cl)cc(Cl)c1. The highest BCUT2D eigenvalue weighted by molar-refractivity contribution is 6.35. The average Bonchev–Trinajstić information content (AvgIpc) is 2.43. The normalized spacial score (nSPS) is 11.3. The van der Waals surface area contributed by atoms with Crippen LogP contribution < -0.4 is 5.32 Å². The molecule has 2 nitrogen and oxygen atoms in total. The van der Waals surface area contributed by atoms with E-state index in [1.54, 1.807) is 0 Å². The van der Waals surface area contributed by atoms with E-state index >= 15 is 0 Å². The molecule has 0 atom stereocenters. The third-order valence-corrected chi connectivity index (χ3v) is 3.30. The lowest BCUT2D eigenvalue weighted by Gasteiger charge is -2.09. The Kier molecular flexibility index (Phi) is 4.98. The van der Waals surface area contributed by atoms with Gasteiger partial charge in [-0.2, -0.15) is 13.2 Å². The lowest BCUT2D eigenvalue weighted by atomic mass is 10.1. The average molecular weight is 348 g/mol. The van der Waals surface area contributed by atoms with Crippen LogP contribution in [0.4, 0.5) is 13.2 Å². The Morgan fingerprint density at radius 1 is 1.00 bits per heavy atom. The van der Waals surface area contributed by atoms with Gasteiger partial charge in [0.1, 0.15) is 0 Å². The van der Waals surface area contributed by atoms with Gasteiger partial charge in [-0.15, -0.1) is 0 Å². The fourth-order valence-corrected chi connectivity index (χ4v) is 2.31. The molecule has 2 aromatic carbocycles. The van der Waals surface area contributed by atoms with Crippen LogP contribution in [0.25, 0.3) is 0 Å². The first kappa shape index (κ1) is 16.6. The zero-order chi connectivity index (χ0) is 16.3. The van der Waals surface area contributed by atoms with Crippen LogP contribution in [0.3, 0.4) is 0 Å². The van der Waals surface area contributed by atoms with Crippen molar-refractivity contribution in [2.75, 3.05) is 0 Å². The maximum absolute atomic E-state index is 12.4. The molecule has 0 heterocycles. The van der Waals surface area contributed by atoms with E-state index < -0.39 is 17.6 Å². The smallest absolute Gasteiger partial charge is 0.348 e. The molecule has 0 spiro atoms. The fraction of sp³-hybridized carbons (Fsp3) is 0.133. The molecule has 0 aromatic heterocycles. The molecule has 0 bridgehead atoms. The Bertz CT molecular complexity index is 664. The number of nitrogens with one attached hydrogen (secondary N) is 1. The van der Waals surface area contributed by atoms with E-state index in [4.69, 9.17) is 23.2 Å². The fourth-order valence-electron chi connectivity index (χ4n) is 1.78. The third kappa shape index (κ3) is 4.39. The second kappa shape index (κ2) is 6.58. The van der Waals surface area contributed by atoms with Crippen molar-refractivity contribution < 1.29 is 18.0 Å². The largest absolute Gasteiger partial charge is 0.416 e. The summed E-state index contributed by atoms with van der Waals surface area (Å²) in [5.41, 5.74) is 0.100. The summed E-state index contributed by atoms with van der Waals surface area (Å²) in [4.78, 5) is 11.9. The summed E-state index contributed by atoms with van der Waals surface area (Å²) in [5, 5.41) is 3.24. The number of hydrogen-bond acceptors (Lipinski definition) is 1. The minimum atomic E-state index is -4.38. The molecule has 0 unspecified atom stereocenters. The predicted molar refractivity (Wildman–Crippen MR) is 79.1 cm³/mol. The number of halogens is 5. The molecule has 2 rings (SSSR count). The molecule has 22 heavy (non-hydrogen) atoms. The van der Waals surface area contributed by atoms with Gasteiger partial charge in [-0.05, 0) is 35.9 Å². The number of benzene rings is 2. The lowest BCUT2D eigenvalue weighted by molar-refractivity contribution is -0.137. The minimum absolute atomic E-state index is 0.0983. The maximum atomic E-state index is 12.4. The Balaban J connectivity index is 2.02. The van der Waals surface area contributed by atoms with Gasteiger partial charge in [-0.1, -0.05) is 35.3 Å². The van der Waals surface area contributed by atoms with Crippen LogP contribution in [0.5, 0.6) is 0 Å². The van der Waals surface area contributed by atoms with E-state index in [9.17, 15) is 18.0 Å². The van der Waals surface area contributed by atoms with Crippen LogP contribution in [0.2, 0.25) is 10.0 Å². The van der Waals surface area contributed by atoms with Crippen LogP contribution in [-0.4, -0.2) is 5.91 Å². The summed E-state index contributed by atoms with van der Waals surface area (Å²) >= 11 is 11.6. The van der Waals surface area contributed by atoms with Gasteiger partial charge in [-0.25, -0.2) is 0 Å². The highest BCUT2D eigenvalue weighted by Gasteiger charge is 2.29. The predicted octanol–water partition coefficient (Wildman–Crippen LogP) is 4.94. The molecule has 0 fully saturated rings. The van der Waals surface area contributed by atoms with Crippen molar-refractivity contribution in [3.05, 3.63) is 69.2 Å². The Hall–Kier alpha value is -1.72. The quantitative estimate of drug-likeness (QED) is 0.836. The van der Waals surface area contributed by atoms with Gasteiger partial charge >= 0.3 is 6.18 Å². The van der Waals surface area contributed by atoms with E-state index in [1.165, 1.54) is 30.3 Å². The van der Waals surface area contributed by atoms with Crippen LogP contribution in [-0.2, 0) is 12.7 Å². The van der Waals surface area contributed by atoms with E-state index in [2.05, 4.69) is 5.32 Å². The Morgan fingerprint density at radius 3 is 2.05 bits per heavy atom. The number of amides is 1. The van der Waals surface area contributed by atoms with Crippen molar-refractivity contribution in [1.82, 2.24) is 5.32 Å². The molecule has 0 saturated heterocycles. The highest BCUT2D eigenvalue weighted by atomic mass is 35.5. The number of hydrogen-bond donors (Lipinski definition) is 1. The Morgan fingerprint density at radius 2 is 1.55 bits per heavy atom. The topological polar surface area (TPSA) is 29.1 Å². The molecule has 116 valence electrons. The first-order valence-corrected chi connectivity index (χ1v) is 6.92. The molecule has 0 saturated carbocycles. The van der Waals surface area contributed by atoms with E-state index in [-0.39, 0.29) is 12.1 Å². The summed E-state index contributed by atoms with van der Waals surface area (Å²) in [6, 6.07) is 8.97. The van der Waals surface area contributed by atoms with Crippen LogP contribution in [0.15, 0.2) is 42.5 Å². The number of alkyl halides is 3.